The van der Waals surface area contributed by atoms with Crippen LogP contribution in [-0.2, 0) is 28.6 Å². The van der Waals surface area contributed by atoms with Crippen molar-refractivity contribution in [1.82, 2.24) is 0 Å². The van der Waals surface area contributed by atoms with E-state index in [2.05, 4.69) is 93.7 Å². The Labute approximate surface area is 484 Å². The third-order valence-corrected chi connectivity index (χ3v) is 14.9. The van der Waals surface area contributed by atoms with E-state index in [0.29, 0.717) is 19.3 Å². The summed E-state index contributed by atoms with van der Waals surface area (Å²) in [7, 11) is 0. The van der Waals surface area contributed by atoms with Crippen LogP contribution in [-0.4, -0.2) is 37.2 Å². The van der Waals surface area contributed by atoms with Gasteiger partial charge in [-0.2, -0.15) is 0 Å². The van der Waals surface area contributed by atoms with Crippen LogP contribution < -0.4 is 0 Å². The Bertz CT molecular complexity index is 1440. The van der Waals surface area contributed by atoms with Crippen molar-refractivity contribution in [3.8, 4) is 0 Å². The van der Waals surface area contributed by atoms with E-state index in [0.717, 1.165) is 116 Å². The number of carbonyl (C=O) groups excluding carboxylic acids is 3. The second-order valence-corrected chi connectivity index (χ2v) is 22.7. The lowest BCUT2D eigenvalue weighted by Crippen LogP contribution is -2.30. The Morgan fingerprint density at radius 2 is 0.500 bits per heavy atom. The fourth-order valence-corrected chi connectivity index (χ4v) is 9.88. The maximum atomic E-state index is 12.9. The molecule has 0 aliphatic rings. The summed E-state index contributed by atoms with van der Waals surface area (Å²) in [5.41, 5.74) is 0. The first kappa shape index (κ1) is 74.8. The molecule has 452 valence electrons. The smallest absolute Gasteiger partial charge is 0.306 e. The number of allylic oxidation sites excluding steroid dienone is 12. The Morgan fingerprint density at radius 3 is 0.795 bits per heavy atom. The molecule has 0 aliphatic carbocycles. The van der Waals surface area contributed by atoms with Crippen LogP contribution in [0.2, 0.25) is 0 Å². The van der Waals surface area contributed by atoms with Gasteiger partial charge in [0, 0.05) is 19.3 Å². The molecular formula is C72H128O6. The van der Waals surface area contributed by atoms with Gasteiger partial charge in [0.15, 0.2) is 6.10 Å². The average molecular weight is 1090 g/mol. The van der Waals surface area contributed by atoms with E-state index < -0.39 is 6.10 Å². The van der Waals surface area contributed by atoms with E-state index in [9.17, 15) is 14.4 Å². The predicted octanol–water partition coefficient (Wildman–Crippen LogP) is 23.3. The van der Waals surface area contributed by atoms with E-state index in [4.69, 9.17) is 14.2 Å². The zero-order valence-electron chi connectivity index (χ0n) is 51.9. The zero-order valence-corrected chi connectivity index (χ0v) is 51.9. The minimum atomic E-state index is -0.795. The highest BCUT2D eigenvalue weighted by atomic mass is 16.6. The van der Waals surface area contributed by atoms with Crippen LogP contribution >= 0.6 is 0 Å². The van der Waals surface area contributed by atoms with Crippen LogP contribution in [0.1, 0.15) is 348 Å². The lowest BCUT2D eigenvalue weighted by atomic mass is 10.0. The number of esters is 3. The summed E-state index contributed by atoms with van der Waals surface area (Å²) < 4.78 is 16.9. The van der Waals surface area contributed by atoms with E-state index in [1.54, 1.807) is 0 Å². The predicted molar refractivity (Wildman–Crippen MR) is 339 cm³/mol. The van der Waals surface area contributed by atoms with Crippen LogP contribution in [0.3, 0.4) is 0 Å². The van der Waals surface area contributed by atoms with Gasteiger partial charge in [0.2, 0.25) is 0 Å². The number of rotatable bonds is 62. The molecule has 0 aromatic heterocycles. The first-order chi connectivity index (χ1) is 38.5. The highest BCUT2D eigenvalue weighted by Crippen LogP contribution is 2.18. The lowest BCUT2D eigenvalue weighted by molar-refractivity contribution is -0.167. The van der Waals surface area contributed by atoms with Crippen LogP contribution in [0.5, 0.6) is 0 Å². The topological polar surface area (TPSA) is 78.9 Å². The SMILES string of the molecule is CC/C=C\C/C=C\C/C=C\C/C=C\CCCCCCC(=O)OC(COC(=O)CCCCCCC/C=C\C/C=C\CCCCCC)COC(=O)CCCCCCCCCCCCCCCCCCCCCCCCCCCCC. The van der Waals surface area contributed by atoms with Crippen molar-refractivity contribution < 1.29 is 28.6 Å². The maximum Gasteiger partial charge on any atom is 0.306 e. The van der Waals surface area contributed by atoms with E-state index in [1.165, 1.54) is 193 Å². The number of hydrogen-bond donors (Lipinski definition) is 0. The second kappa shape index (κ2) is 66.4. The van der Waals surface area contributed by atoms with Crippen molar-refractivity contribution in [3.63, 3.8) is 0 Å². The molecule has 6 nitrogen and oxygen atoms in total. The summed E-state index contributed by atoms with van der Waals surface area (Å²) in [5.74, 6) is -0.908. The minimum Gasteiger partial charge on any atom is -0.462 e. The van der Waals surface area contributed by atoms with Crippen LogP contribution in [0.15, 0.2) is 72.9 Å². The number of ether oxygens (including phenoxy) is 3. The molecule has 0 saturated carbocycles. The summed E-state index contributed by atoms with van der Waals surface area (Å²) in [4.78, 5) is 38.4. The van der Waals surface area contributed by atoms with Crippen LogP contribution in [0.4, 0.5) is 0 Å². The van der Waals surface area contributed by atoms with Crippen LogP contribution in [0, 0.1) is 0 Å². The second-order valence-electron chi connectivity index (χ2n) is 22.7. The maximum absolute atomic E-state index is 12.9. The molecular weight excluding hydrogens is 961 g/mol. The normalized spacial score (nSPS) is 12.5. The van der Waals surface area contributed by atoms with Gasteiger partial charge in [-0.05, 0) is 89.9 Å². The standard InChI is InChI=1S/C72H128O6/c1-4-7-10-13-16-19-22-25-28-31-32-33-34-35-36-37-38-39-40-42-44-47-50-53-56-59-62-65-71(74)77-68-69(67-76-70(73)64-61-58-55-52-49-46-43-30-27-24-21-18-15-12-9-6-3)78-72(75)66-63-60-57-54-51-48-45-41-29-26-23-20-17-14-11-8-5-2/h8,11,17,20-21,24,26,29-30,43,45,48,69H,4-7,9-10,12-16,18-19,22-23,25,27-28,31-42,44,46-47,49-68H2,1-3H3/b11-8-,20-17-,24-21-,29-26-,43-30-,48-45-. The molecule has 0 aromatic carbocycles. The van der Waals surface area contributed by atoms with E-state index >= 15 is 0 Å². The van der Waals surface area contributed by atoms with Crippen molar-refractivity contribution >= 4 is 17.9 Å². The first-order valence-electron chi connectivity index (χ1n) is 33.9. The summed E-state index contributed by atoms with van der Waals surface area (Å²) in [6, 6.07) is 0. The average Bonchev–Trinajstić information content (AvgIpc) is 3.44. The number of unbranched alkanes of at least 4 members (excludes halogenated alkanes) is 39. The fraction of sp³-hybridized carbons (Fsp3) is 0.792. The summed E-state index contributed by atoms with van der Waals surface area (Å²) in [6.45, 7) is 6.53. The molecule has 1 unspecified atom stereocenters. The molecule has 0 heterocycles. The van der Waals surface area contributed by atoms with Gasteiger partial charge in [-0.3, -0.25) is 14.4 Å². The van der Waals surface area contributed by atoms with E-state index in [-0.39, 0.29) is 31.1 Å². The van der Waals surface area contributed by atoms with Crippen molar-refractivity contribution in [1.29, 1.82) is 0 Å². The van der Waals surface area contributed by atoms with Crippen molar-refractivity contribution in [2.75, 3.05) is 13.2 Å². The third-order valence-electron chi connectivity index (χ3n) is 14.9. The first-order valence-corrected chi connectivity index (χ1v) is 33.9. The Morgan fingerprint density at radius 1 is 0.269 bits per heavy atom. The van der Waals surface area contributed by atoms with E-state index in [1.807, 2.05) is 0 Å². The summed E-state index contributed by atoms with van der Waals surface area (Å²) >= 11 is 0. The number of carbonyl (C=O) groups is 3. The van der Waals surface area contributed by atoms with Crippen molar-refractivity contribution in [2.45, 2.75) is 354 Å². The molecule has 0 aromatic rings. The quantitative estimate of drug-likeness (QED) is 0.0261. The molecule has 0 spiro atoms. The van der Waals surface area contributed by atoms with Gasteiger partial charge < -0.3 is 14.2 Å². The lowest BCUT2D eigenvalue weighted by Gasteiger charge is -2.18. The molecule has 78 heavy (non-hydrogen) atoms. The Kier molecular flexibility index (Phi) is 63.7. The molecule has 6 heteroatoms. The summed E-state index contributed by atoms with van der Waals surface area (Å²) in [5, 5.41) is 0. The largest absolute Gasteiger partial charge is 0.462 e. The van der Waals surface area contributed by atoms with Gasteiger partial charge in [-0.1, -0.05) is 312 Å². The Balaban J connectivity index is 4.29. The highest BCUT2D eigenvalue weighted by Gasteiger charge is 2.19. The fourth-order valence-electron chi connectivity index (χ4n) is 9.88. The molecule has 0 aliphatic heterocycles. The summed E-state index contributed by atoms with van der Waals surface area (Å²) in [6.07, 6.45) is 86.4. The molecule has 1 atom stereocenters. The van der Waals surface area contributed by atoms with Crippen LogP contribution in [0.25, 0.3) is 0 Å². The van der Waals surface area contributed by atoms with Crippen molar-refractivity contribution in [3.05, 3.63) is 72.9 Å². The van der Waals surface area contributed by atoms with Gasteiger partial charge in [0.1, 0.15) is 13.2 Å². The van der Waals surface area contributed by atoms with Gasteiger partial charge in [0.05, 0.1) is 0 Å². The molecule has 0 fully saturated rings. The molecule has 0 N–H and O–H groups in total. The minimum absolute atomic E-state index is 0.0873. The monoisotopic (exact) mass is 1090 g/mol. The number of hydrogen-bond acceptors (Lipinski definition) is 6. The van der Waals surface area contributed by atoms with Crippen molar-refractivity contribution in [2.24, 2.45) is 0 Å². The van der Waals surface area contributed by atoms with Gasteiger partial charge in [-0.25, -0.2) is 0 Å². The molecule has 0 radical (unpaired) electrons. The molecule has 0 bridgehead atoms. The zero-order chi connectivity index (χ0) is 56.4. The van der Waals surface area contributed by atoms with Gasteiger partial charge in [0.25, 0.3) is 0 Å². The third kappa shape index (κ3) is 63.7. The van der Waals surface area contributed by atoms with Gasteiger partial charge in [-0.15, -0.1) is 0 Å². The molecule has 0 amide bonds. The Hall–Kier alpha value is -3.15. The molecule has 0 saturated heterocycles. The molecule has 0 rings (SSSR count). The highest BCUT2D eigenvalue weighted by molar-refractivity contribution is 5.71. The van der Waals surface area contributed by atoms with Gasteiger partial charge >= 0.3 is 17.9 Å².